The third-order valence-corrected chi connectivity index (χ3v) is 4.62. The summed E-state index contributed by atoms with van der Waals surface area (Å²) in [5.41, 5.74) is -1.29. The lowest BCUT2D eigenvalue weighted by molar-refractivity contribution is -0.137. The van der Waals surface area contributed by atoms with Gasteiger partial charge in [0.25, 0.3) is 10.0 Å². The van der Waals surface area contributed by atoms with E-state index in [-0.39, 0.29) is 10.6 Å². The molecule has 0 aliphatic heterocycles. The van der Waals surface area contributed by atoms with E-state index in [0.29, 0.717) is 5.69 Å². The van der Waals surface area contributed by atoms with Crippen LogP contribution in [0.4, 0.5) is 18.9 Å². The standard InChI is InChI=1S/C15H18F3N3O2S/c1-14(2,3)13-12(9-21(4)19-13)24(22,23)20-11-7-5-6-10(8-11)15(16,17)18/h5-9,20H,1-4H3. The number of nitrogens with zero attached hydrogens (tertiary/aromatic N) is 2. The molecule has 5 nitrogen and oxygen atoms in total. The molecule has 0 saturated carbocycles. The molecule has 1 aromatic heterocycles. The minimum absolute atomic E-state index is 0.0603. The molecule has 2 aromatic rings. The number of hydrogen-bond donors (Lipinski definition) is 1. The van der Waals surface area contributed by atoms with Crippen molar-refractivity contribution in [3.05, 3.63) is 41.7 Å². The molecule has 24 heavy (non-hydrogen) atoms. The molecule has 0 saturated heterocycles. The molecule has 0 radical (unpaired) electrons. The van der Waals surface area contributed by atoms with Crippen molar-refractivity contribution in [3.8, 4) is 0 Å². The second kappa shape index (κ2) is 5.80. The van der Waals surface area contributed by atoms with Crippen LogP contribution in [0.3, 0.4) is 0 Å². The molecule has 9 heteroatoms. The fourth-order valence-corrected chi connectivity index (χ4v) is 3.59. The summed E-state index contributed by atoms with van der Waals surface area (Å²) in [5.74, 6) is 0. The van der Waals surface area contributed by atoms with Crippen molar-refractivity contribution in [1.29, 1.82) is 0 Å². The lowest BCUT2D eigenvalue weighted by atomic mass is 9.92. The molecule has 1 aromatic carbocycles. The van der Waals surface area contributed by atoms with Crippen molar-refractivity contribution >= 4 is 15.7 Å². The molecular formula is C15H18F3N3O2S. The number of sulfonamides is 1. The Hall–Kier alpha value is -2.03. The van der Waals surface area contributed by atoms with E-state index in [9.17, 15) is 21.6 Å². The van der Waals surface area contributed by atoms with Crippen molar-refractivity contribution in [3.63, 3.8) is 0 Å². The zero-order chi connectivity index (χ0) is 18.3. The summed E-state index contributed by atoms with van der Waals surface area (Å²) in [6, 6.07) is 4.04. The van der Waals surface area contributed by atoms with E-state index in [0.717, 1.165) is 18.2 Å². The van der Waals surface area contributed by atoms with E-state index >= 15 is 0 Å². The highest BCUT2D eigenvalue weighted by Crippen LogP contribution is 2.32. The molecule has 0 bridgehead atoms. The second-order valence-corrected chi connectivity index (χ2v) is 8.10. The Bertz CT molecular complexity index is 850. The van der Waals surface area contributed by atoms with Crippen molar-refractivity contribution < 1.29 is 21.6 Å². The highest BCUT2D eigenvalue weighted by Gasteiger charge is 2.32. The Morgan fingerprint density at radius 3 is 2.33 bits per heavy atom. The Morgan fingerprint density at radius 1 is 1.17 bits per heavy atom. The van der Waals surface area contributed by atoms with Crippen LogP contribution in [0.5, 0.6) is 0 Å². The largest absolute Gasteiger partial charge is 0.416 e. The number of hydrogen-bond acceptors (Lipinski definition) is 3. The van der Waals surface area contributed by atoms with Crippen molar-refractivity contribution in [2.24, 2.45) is 7.05 Å². The summed E-state index contributed by atoms with van der Waals surface area (Å²) in [4.78, 5) is -0.0603. The molecule has 0 amide bonds. The van der Waals surface area contributed by atoms with E-state index in [1.54, 1.807) is 27.8 Å². The SMILES string of the molecule is Cn1cc(S(=O)(=O)Nc2cccc(C(F)(F)F)c2)c(C(C)(C)C)n1. The third-order valence-electron chi connectivity index (χ3n) is 3.24. The normalized spacial score (nSPS) is 13.1. The Kier molecular flexibility index (Phi) is 4.43. The monoisotopic (exact) mass is 361 g/mol. The van der Waals surface area contributed by atoms with Gasteiger partial charge in [0.2, 0.25) is 0 Å². The van der Waals surface area contributed by atoms with Crippen LogP contribution in [-0.4, -0.2) is 18.2 Å². The van der Waals surface area contributed by atoms with Crippen LogP contribution >= 0.6 is 0 Å². The van der Waals surface area contributed by atoms with Gasteiger partial charge in [0.15, 0.2) is 0 Å². The average Bonchev–Trinajstić information content (AvgIpc) is 2.80. The maximum atomic E-state index is 12.8. The quantitative estimate of drug-likeness (QED) is 0.909. The molecule has 0 atom stereocenters. The van der Waals surface area contributed by atoms with Crippen molar-refractivity contribution in [1.82, 2.24) is 9.78 Å². The van der Waals surface area contributed by atoms with Gasteiger partial charge in [0.05, 0.1) is 11.3 Å². The Morgan fingerprint density at radius 2 is 1.79 bits per heavy atom. The summed E-state index contributed by atoms with van der Waals surface area (Å²) in [5, 5.41) is 4.16. The number of halogens is 3. The minimum Gasteiger partial charge on any atom is -0.280 e. The van der Waals surface area contributed by atoms with E-state index < -0.39 is 27.2 Å². The van der Waals surface area contributed by atoms with Gasteiger partial charge in [-0.1, -0.05) is 26.8 Å². The van der Waals surface area contributed by atoms with Crippen molar-refractivity contribution in [2.75, 3.05) is 4.72 Å². The molecule has 0 aliphatic carbocycles. The van der Waals surface area contributed by atoms with Gasteiger partial charge in [-0.05, 0) is 18.2 Å². The van der Waals surface area contributed by atoms with Crippen molar-refractivity contribution in [2.45, 2.75) is 37.3 Å². The van der Waals surface area contributed by atoms with Gasteiger partial charge in [-0.3, -0.25) is 9.40 Å². The van der Waals surface area contributed by atoms with E-state index in [1.165, 1.54) is 16.9 Å². The van der Waals surface area contributed by atoms with Crippen LogP contribution in [0.1, 0.15) is 32.0 Å². The molecular weight excluding hydrogens is 343 g/mol. The van der Waals surface area contributed by atoms with E-state index in [1.807, 2.05) is 0 Å². The van der Waals surface area contributed by atoms with Gasteiger partial charge >= 0.3 is 6.18 Å². The predicted molar refractivity (Wildman–Crippen MR) is 84.2 cm³/mol. The predicted octanol–water partition coefficient (Wildman–Crippen LogP) is 3.54. The number of anilines is 1. The van der Waals surface area contributed by atoms with Crippen LogP contribution in [-0.2, 0) is 28.7 Å². The first-order chi connectivity index (χ1) is 10.8. The maximum absolute atomic E-state index is 12.8. The number of nitrogens with one attached hydrogen (secondary N) is 1. The van der Waals surface area contributed by atoms with Gasteiger partial charge in [-0.15, -0.1) is 0 Å². The van der Waals surface area contributed by atoms with Crippen LogP contribution in [0, 0.1) is 0 Å². The third kappa shape index (κ3) is 3.89. The molecule has 1 N–H and O–H groups in total. The zero-order valence-corrected chi connectivity index (χ0v) is 14.5. The Labute approximate surface area is 138 Å². The van der Waals surface area contributed by atoms with Gasteiger partial charge in [0, 0.05) is 24.3 Å². The highest BCUT2D eigenvalue weighted by molar-refractivity contribution is 7.92. The first kappa shape index (κ1) is 18.3. The second-order valence-electron chi connectivity index (χ2n) is 6.45. The van der Waals surface area contributed by atoms with Crippen LogP contribution in [0.2, 0.25) is 0 Å². The van der Waals surface area contributed by atoms with E-state index in [4.69, 9.17) is 0 Å². The molecule has 0 fully saturated rings. The molecule has 0 unspecified atom stereocenters. The summed E-state index contributed by atoms with van der Waals surface area (Å²) >= 11 is 0. The highest BCUT2D eigenvalue weighted by atomic mass is 32.2. The summed E-state index contributed by atoms with van der Waals surface area (Å²) < 4.78 is 67.0. The number of alkyl halides is 3. The fourth-order valence-electron chi connectivity index (χ4n) is 2.15. The molecule has 0 aliphatic rings. The lowest BCUT2D eigenvalue weighted by Gasteiger charge is -2.18. The average molecular weight is 361 g/mol. The van der Waals surface area contributed by atoms with Gasteiger partial charge < -0.3 is 0 Å². The molecule has 132 valence electrons. The molecule has 0 spiro atoms. The van der Waals surface area contributed by atoms with Crippen LogP contribution in [0.25, 0.3) is 0 Å². The number of rotatable bonds is 3. The van der Waals surface area contributed by atoms with Gasteiger partial charge in [-0.25, -0.2) is 8.42 Å². The first-order valence-corrected chi connectivity index (χ1v) is 8.53. The van der Waals surface area contributed by atoms with Crippen LogP contribution in [0.15, 0.2) is 35.4 Å². The number of aromatic nitrogens is 2. The zero-order valence-electron chi connectivity index (χ0n) is 13.6. The first-order valence-electron chi connectivity index (χ1n) is 7.05. The number of aryl methyl sites for hydroxylation is 1. The molecule has 2 rings (SSSR count). The fraction of sp³-hybridized carbons (Fsp3) is 0.400. The molecule has 1 heterocycles. The lowest BCUT2D eigenvalue weighted by Crippen LogP contribution is -2.20. The Balaban J connectivity index is 2.44. The smallest absolute Gasteiger partial charge is 0.280 e. The van der Waals surface area contributed by atoms with Gasteiger partial charge in [-0.2, -0.15) is 18.3 Å². The summed E-state index contributed by atoms with van der Waals surface area (Å²) in [6.07, 6.45) is -3.22. The van der Waals surface area contributed by atoms with Gasteiger partial charge in [0.1, 0.15) is 4.90 Å². The summed E-state index contributed by atoms with van der Waals surface area (Å²) in [6.45, 7) is 5.41. The summed E-state index contributed by atoms with van der Waals surface area (Å²) in [7, 11) is -2.49. The number of benzene rings is 1. The van der Waals surface area contributed by atoms with Crippen LogP contribution < -0.4 is 4.72 Å². The maximum Gasteiger partial charge on any atom is 0.416 e. The topological polar surface area (TPSA) is 64.0 Å². The minimum atomic E-state index is -4.55. The van der Waals surface area contributed by atoms with E-state index in [2.05, 4.69) is 9.82 Å².